The van der Waals surface area contributed by atoms with Gasteiger partial charge in [-0.2, -0.15) is 17.7 Å². The molecule has 5 heterocycles. The zero-order valence-corrected chi connectivity index (χ0v) is 18.4. The van der Waals surface area contributed by atoms with Crippen molar-refractivity contribution in [1.29, 1.82) is 0 Å². The Morgan fingerprint density at radius 3 is 2.62 bits per heavy atom. The van der Waals surface area contributed by atoms with Crippen molar-refractivity contribution in [3.05, 3.63) is 41.2 Å². The largest absolute Gasteiger partial charge is 0.453 e. The number of hydrogen-bond donors (Lipinski definition) is 1. The molecule has 4 aromatic heterocycles. The molecule has 0 saturated carbocycles. The lowest BCUT2D eigenvalue weighted by molar-refractivity contribution is -0.146. The van der Waals surface area contributed by atoms with Crippen molar-refractivity contribution in [2.45, 2.75) is 39.4 Å². The van der Waals surface area contributed by atoms with Gasteiger partial charge in [0.15, 0.2) is 11.5 Å². The SMILES string of the molecule is Cc1cc(C)n2c(CNC(=O)C3CCN(c4ccc5nnc(C(F)(F)F)n5n4)CC3)nnc2n1. The van der Waals surface area contributed by atoms with Crippen LogP contribution in [0.1, 0.15) is 35.9 Å². The minimum absolute atomic E-state index is 0.0203. The minimum Gasteiger partial charge on any atom is -0.355 e. The lowest BCUT2D eigenvalue weighted by Gasteiger charge is -2.32. The summed E-state index contributed by atoms with van der Waals surface area (Å²) < 4.78 is 41.9. The summed E-state index contributed by atoms with van der Waals surface area (Å²) in [5.41, 5.74) is 1.79. The molecule has 1 saturated heterocycles. The van der Waals surface area contributed by atoms with Crippen LogP contribution in [-0.2, 0) is 17.5 Å². The van der Waals surface area contributed by atoms with Crippen molar-refractivity contribution in [2.24, 2.45) is 5.92 Å². The molecule has 1 amide bonds. The molecule has 1 N–H and O–H groups in total. The normalized spacial score (nSPS) is 15.4. The average Bonchev–Trinajstić information content (AvgIpc) is 3.41. The predicted octanol–water partition coefficient (Wildman–Crippen LogP) is 1.73. The Hall–Kier alpha value is -3.84. The van der Waals surface area contributed by atoms with Crippen LogP contribution in [0.3, 0.4) is 0 Å². The molecular formula is C20H21F3N10O. The predicted molar refractivity (Wildman–Crippen MR) is 113 cm³/mol. The van der Waals surface area contributed by atoms with Crippen LogP contribution in [0, 0.1) is 19.8 Å². The minimum atomic E-state index is -4.65. The average molecular weight is 474 g/mol. The molecule has 0 spiro atoms. The highest BCUT2D eigenvalue weighted by molar-refractivity contribution is 5.78. The molecule has 0 aromatic carbocycles. The van der Waals surface area contributed by atoms with Crippen molar-refractivity contribution in [1.82, 2.24) is 44.7 Å². The molecule has 5 rings (SSSR count). The standard InChI is InChI=1S/C20H21F3N10O/c1-11-9-12(2)32-16(27-29-19(32)25-11)10-24-17(34)13-5-7-31(8-6-13)15-4-3-14-26-28-18(20(21,22)23)33(14)30-15/h3-4,9,13H,5-8,10H2,1-2H3,(H,24,34). The topological polar surface area (TPSA) is 118 Å². The quantitative estimate of drug-likeness (QED) is 0.475. The maximum Gasteiger partial charge on any atom is 0.453 e. The van der Waals surface area contributed by atoms with E-state index in [-0.39, 0.29) is 24.0 Å². The molecule has 178 valence electrons. The summed E-state index contributed by atoms with van der Waals surface area (Å²) in [6.07, 6.45) is -3.57. The summed E-state index contributed by atoms with van der Waals surface area (Å²) in [6.45, 7) is 4.99. The molecule has 0 unspecified atom stereocenters. The molecule has 1 aliphatic rings. The summed E-state index contributed by atoms with van der Waals surface area (Å²) in [4.78, 5) is 18.9. The number of amides is 1. The number of fused-ring (bicyclic) bond motifs is 2. The van der Waals surface area contributed by atoms with Crippen LogP contribution in [-0.4, -0.2) is 58.4 Å². The third kappa shape index (κ3) is 3.99. The molecule has 34 heavy (non-hydrogen) atoms. The second kappa shape index (κ2) is 8.18. The highest BCUT2D eigenvalue weighted by Crippen LogP contribution is 2.28. The number of hydrogen-bond acceptors (Lipinski definition) is 8. The van der Waals surface area contributed by atoms with E-state index in [4.69, 9.17) is 0 Å². The number of nitrogens with zero attached hydrogens (tertiary/aromatic N) is 9. The molecule has 14 heteroatoms. The number of nitrogens with one attached hydrogen (secondary N) is 1. The molecule has 0 bridgehead atoms. The van der Waals surface area contributed by atoms with Gasteiger partial charge in [-0.15, -0.1) is 25.5 Å². The van der Waals surface area contributed by atoms with Gasteiger partial charge in [0.2, 0.25) is 5.91 Å². The van der Waals surface area contributed by atoms with Gasteiger partial charge in [-0.25, -0.2) is 4.98 Å². The third-order valence-corrected chi connectivity index (χ3v) is 5.87. The van der Waals surface area contributed by atoms with Crippen LogP contribution in [0.2, 0.25) is 0 Å². The van der Waals surface area contributed by atoms with Crippen LogP contribution < -0.4 is 10.2 Å². The number of aromatic nitrogens is 8. The van der Waals surface area contributed by atoms with E-state index in [0.29, 0.717) is 47.9 Å². The fourth-order valence-corrected chi connectivity index (χ4v) is 4.22. The van der Waals surface area contributed by atoms with Gasteiger partial charge < -0.3 is 10.2 Å². The lowest BCUT2D eigenvalue weighted by Crippen LogP contribution is -2.41. The van der Waals surface area contributed by atoms with Gasteiger partial charge in [0.25, 0.3) is 11.6 Å². The third-order valence-electron chi connectivity index (χ3n) is 5.87. The van der Waals surface area contributed by atoms with E-state index in [1.54, 1.807) is 10.5 Å². The van der Waals surface area contributed by atoms with Crippen LogP contribution >= 0.6 is 0 Å². The van der Waals surface area contributed by atoms with Gasteiger partial charge in [0, 0.05) is 30.4 Å². The van der Waals surface area contributed by atoms with Crippen molar-refractivity contribution in [3.63, 3.8) is 0 Å². The van der Waals surface area contributed by atoms with Crippen LogP contribution in [0.15, 0.2) is 18.2 Å². The molecule has 0 aliphatic carbocycles. The molecule has 0 atom stereocenters. The van der Waals surface area contributed by atoms with Gasteiger partial charge in [0.05, 0.1) is 6.54 Å². The Balaban J connectivity index is 1.22. The summed E-state index contributed by atoms with van der Waals surface area (Å²) in [5.74, 6) is -0.0268. The van der Waals surface area contributed by atoms with E-state index in [1.165, 1.54) is 6.07 Å². The zero-order chi connectivity index (χ0) is 24.0. The number of aryl methyl sites for hydroxylation is 2. The Bertz CT molecular complexity index is 1370. The Labute approximate surface area is 191 Å². The number of anilines is 1. The van der Waals surface area contributed by atoms with E-state index >= 15 is 0 Å². The number of alkyl halides is 3. The highest BCUT2D eigenvalue weighted by atomic mass is 19.4. The molecule has 4 aromatic rings. The molecule has 11 nitrogen and oxygen atoms in total. The number of carbonyl (C=O) groups excluding carboxylic acids is 1. The number of halogens is 3. The maximum atomic E-state index is 13.1. The van der Waals surface area contributed by atoms with E-state index in [9.17, 15) is 18.0 Å². The van der Waals surface area contributed by atoms with Crippen LogP contribution in [0.4, 0.5) is 19.0 Å². The van der Waals surface area contributed by atoms with Crippen molar-refractivity contribution in [3.8, 4) is 0 Å². The van der Waals surface area contributed by atoms with E-state index in [2.05, 4.69) is 35.8 Å². The number of carbonyl (C=O) groups is 1. The second-order valence-electron chi connectivity index (χ2n) is 8.25. The zero-order valence-electron chi connectivity index (χ0n) is 18.4. The first-order valence-electron chi connectivity index (χ1n) is 10.7. The van der Waals surface area contributed by atoms with E-state index < -0.39 is 12.0 Å². The van der Waals surface area contributed by atoms with Gasteiger partial charge in [-0.1, -0.05) is 0 Å². The van der Waals surface area contributed by atoms with Gasteiger partial charge in [-0.3, -0.25) is 9.20 Å². The molecule has 1 fully saturated rings. The molecular weight excluding hydrogens is 453 g/mol. The summed E-state index contributed by atoms with van der Waals surface area (Å²) in [5, 5.41) is 21.9. The monoisotopic (exact) mass is 474 g/mol. The van der Waals surface area contributed by atoms with Gasteiger partial charge in [-0.05, 0) is 44.9 Å². The number of piperidine rings is 1. The summed E-state index contributed by atoms with van der Waals surface area (Å²) in [6, 6.07) is 4.98. The Morgan fingerprint density at radius 1 is 1.12 bits per heavy atom. The smallest absolute Gasteiger partial charge is 0.355 e. The maximum absolute atomic E-state index is 13.1. The van der Waals surface area contributed by atoms with E-state index in [0.717, 1.165) is 11.4 Å². The molecule has 1 aliphatic heterocycles. The molecule has 0 radical (unpaired) electrons. The van der Waals surface area contributed by atoms with Crippen LogP contribution in [0.5, 0.6) is 0 Å². The van der Waals surface area contributed by atoms with Crippen molar-refractivity contribution in [2.75, 3.05) is 18.0 Å². The van der Waals surface area contributed by atoms with Gasteiger partial charge >= 0.3 is 6.18 Å². The summed E-state index contributed by atoms with van der Waals surface area (Å²) >= 11 is 0. The van der Waals surface area contributed by atoms with Gasteiger partial charge in [0.1, 0.15) is 5.82 Å². The second-order valence-corrected chi connectivity index (χ2v) is 8.25. The van der Waals surface area contributed by atoms with E-state index in [1.807, 2.05) is 24.8 Å². The summed E-state index contributed by atoms with van der Waals surface area (Å²) in [7, 11) is 0. The lowest BCUT2D eigenvalue weighted by atomic mass is 9.96. The van der Waals surface area contributed by atoms with Crippen molar-refractivity contribution < 1.29 is 18.0 Å². The Kier molecular flexibility index (Phi) is 5.29. The first-order valence-corrected chi connectivity index (χ1v) is 10.7. The highest BCUT2D eigenvalue weighted by Gasteiger charge is 2.38. The van der Waals surface area contributed by atoms with Crippen molar-refractivity contribution >= 4 is 23.1 Å². The Morgan fingerprint density at radius 2 is 1.88 bits per heavy atom. The first-order chi connectivity index (χ1) is 16.2. The van der Waals surface area contributed by atoms with Crippen LogP contribution in [0.25, 0.3) is 11.4 Å². The fourth-order valence-electron chi connectivity index (χ4n) is 4.22. The first kappa shape index (κ1) is 22.0. The number of rotatable bonds is 4. The fraction of sp³-hybridized carbons (Fsp3) is 0.450.